The molecule has 138 valence electrons. The van der Waals surface area contributed by atoms with E-state index in [0.29, 0.717) is 24.0 Å². The van der Waals surface area contributed by atoms with E-state index in [1.807, 2.05) is 4.90 Å². The lowest BCUT2D eigenvalue weighted by Gasteiger charge is -2.35. The number of aromatic nitrogens is 4. The Bertz CT molecular complexity index is 728. The van der Waals surface area contributed by atoms with Crippen LogP contribution in [-0.4, -0.2) is 62.1 Å². The van der Waals surface area contributed by atoms with Gasteiger partial charge in [0.2, 0.25) is 11.8 Å². The van der Waals surface area contributed by atoms with E-state index in [-0.39, 0.29) is 11.9 Å². The maximum atomic E-state index is 12.9. The summed E-state index contributed by atoms with van der Waals surface area (Å²) in [7, 11) is 0. The molecule has 0 spiro atoms. The minimum atomic E-state index is -0.140. The first kappa shape index (κ1) is 17.1. The van der Waals surface area contributed by atoms with Crippen molar-refractivity contribution in [2.75, 3.05) is 26.2 Å². The summed E-state index contributed by atoms with van der Waals surface area (Å²) in [6.45, 7) is 3.27. The largest absolute Gasteiger partial charge is 0.417 e. The van der Waals surface area contributed by atoms with Crippen molar-refractivity contribution < 1.29 is 9.21 Å². The zero-order valence-electron chi connectivity index (χ0n) is 14.9. The lowest BCUT2D eigenvalue weighted by molar-refractivity contribution is -0.137. The minimum Gasteiger partial charge on any atom is -0.417 e. The van der Waals surface area contributed by atoms with Gasteiger partial charge in [0.1, 0.15) is 11.7 Å². The predicted molar refractivity (Wildman–Crippen MR) is 93.9 cm³/mol. The van der Waals surface area contributed by atoms with Crippen molar-refractivity contribution in [2.45, 2.75) is 44.6 Å². The lowest BCUT2D eigenvalue weighted by Crippen LogP contribution is -2.45. The third-order valence-corrected chi connectivity index (χ3v) is 5.14. The van der Waals surface area contributed by atoms with Crippen molar-refractivity contribution >= 4 is 5.91 Å². The molecule has 0 bridgehead atoms. The molecule has 2 saturated heterocycles. The first-order valence-electron chi connectivity index (χ1n) is 9.43. The van der Waals surface area contributed by atoms with E-state index in [1.54, 1.807) is 18.6 Å². The normalized spacial score (nSPS) is 21.7. The molecule has 0 unspecified atom stereocenters. The van der Waals surface area contributed by atoms with Crippen LogP contribution in [0.2, 0.25) is 0 Å². The van der Waals surface area contributed by atoms with E-state index in [1.165, 1.54) is 19.3 Å². The van der Waals surface area contributed by atoms with Crippen LogP contribution >= 0.6 is 0 Å². The van der Waals surface area contributed by atoms with Gasteiger partial charge in [-0.3, -0.25) is 14.7 Å². The molecule has 0 aliphatic carbocycles. The zero-order chi connectivity index (χ0) is 17.8. The number of rotatable bonds is 4. The first-order valence-corrected chi connectivity index (χ1v) is 9.43. The van der Waals surface area contributed by atoms with Gasteiger partial charge in [-0.05, 0) is 45.2 Å². The van der Waals surface area contributed by atoms with Crippen LogP contribution < -0.4 is 0 Å². The van der Waals surface area contributed by atoms with E-state index in [4.69, 9.17) is 4.42 Å². The molecule has 1 amide bonds. The van der Waals surface area contributed by atoms with Crippen molar-refractivity contribution in [1.29, 1.82) is 0 Å². The van der Waals surface area contributed by atoms with E-state index >= 15 is 0 Å². The summed E-state index contributed by atoms with van der Waals surface area (Å²) in [5.74, 6) is 1.01. The van der Waals surface area contributed by atoms with Gasteiger partial charge in [-0.2, -0.15) is 0 Å². The molecule has 0 N–H and O–H groups in total. The SMILES string of the molecule is O=C(CN1CCCCC1)N1CCCC[C@@H]1c1nnc(-c2cnccn2)o1. The molecule has 26 heavy (non-hydrogen) atoms. The van der Waals surface area contributed by atoms with Crippen LogP contribution in [0.3, 0.4) is 0 Å². The molecular formula is C18H24N6O2. The summed E-state index contributed by atoms with van der Waals surface area (Å²) in [5, 5.41) is 8.31. The highest BCUT2D eigenvalue weighted by molar-refractivity contribution is 5.78. The molecule has 4 rings (SSSR count). The van der Waals surface area contributed by atoms with Crippen LogP contribution in [0.25, 0.3) is 11.6 Å². The molecule has 2 aliphatic rings. The van der Waals surface area contributed by atoms with E-state index in [2.05, 4.69) is 25.1 Å². The van der Waals surface area contributed by atoms with E-state index in [9.17, 15) is 4.79 Å². The van der Waals surface area contributed by atoms with Gasteiger partial charge < -0.3 is 9.32 Å². The van der Waals surface area contributed by atoms with Crippen LogP contribution in [0, 0.1) is 0 Å². The molecule has 1 atom stereocenters. The number of nitrogens with zero attached hydrogens (tertiary/aromatic N) is 6. The molecule has 4 heterocycles. The average molecular weight is 356 g/mol. The van der Waals surface area contributed by atoms with Gasteiger partial charge in [0.05, 0.1) is 12.7 Å². The topological polar surface area (TPSA) is 88.3 Å². The van der Waals surface area contributed by atoms with Crippen molar-refractivity contribution in [3.8, 4) is 11.6 Å². The molecule has 0 saturated carbocycles. The second-order valence-electron chi connectivity index (χ2n) is 6.97. The van der Waals surface area contributed by atoms with Gasteiger partial charge >= 0.3 is 0 Å². The Labute approximate surface area is 152 Å². The third-order valence-electron chi connectivity index (χ3n) is 5.14. The van der Waals surface area contributed by atoms with Crippen LogP contribution in [0.1, 0.15) is 50.5 Å². The summed E-state index contributed by atoms with van der Waals surface area (Å²) in [4.78, 5) is 25.3. The average Bonchev–Trinajstić information content (AvgIpc) is 3.19. The predicted octanol–water partition coefficient (Wildman–Crippen LogP) is 2.07. The smallest absolute Gasteiger partial charge is 0.267 e. The highest BCUT2D eigenvalue weighted by Crippen LogP contribution is 2.31. The Kier molecular flexibility index (Phi) is 5.19. The van der Waals surface area contributed by atoms with Gasteiger partial charge in [0.25, 0.3) is 5.89 Å². The second-order valence-corrected chi connectivity index (χ2v) is 6.97. The minimum absolute atomic E-state index is 0.140. The van der Waals surface area contributed by atoms with Crippen molar-refractivity contribution in [2.24, 2.45) is 0 Å². The van der Waals surface area contributed by atoms with Gasteiger partial charge in [0.15, 0.2) is 0 Å². The summed E-state index contributed by atoms with van der Waals surface area (Å²) in [5.41, 5.74) is 0.549. The van der Waals surface area contributed by atoms with E-state index in [0.717, 1.165) is 38.9 Å². The number of likely N-dealkylation sites (tertiary alicyclic amines) is 2. The van der Waals surface area contributed by atoms with E-state index < -0.39 is 0 Å². The van der Waals surface area contributed by atoms with Crippen LogP contribution in [0.5, 0.6) is 0 Å². The van der Waals surface area contributed by atoms with Crippen LogP contribution in [-0.2, 0) is 4.79 Å². The molecule has 0 aromatic carbocycles. The fourth-order valence-electron chi connectivity index (χ4n) is 3.77. The standard InChI is InChI=1S/C18H24N6O2/c25-16(13-23-9-3-1-4-10-23)24-11-5-2-6-15(24)18-22-21-17(26-18)14-12-19-7-8-20-14/h7-8,12,15H,1-6,9-11,13H2/t15-/m1/s1. The number of hydrogen-bond donors (Lipinski definition) is 0. The Morgan fingerprint density at radius 2 is 1.92 bits per heavy atom. The molecule has 2 aromatic heterocycles. The zero-order valence-corrected chi connectivity index (χ0v) is 14.9. The Morgan fingerprint density at radius 3 is 2.73 bits per heavy atom. The van der Waals surface area contributed by atoms with Crippen LogP contribution in [0.4, 0.5) is 0 Å². The lowest BCUT2D eigenvalue weighted by atomic mass is 10.0. The Hall–Kier alpha value is -2.35. The maximum absolute atomic E-state index is 12.9. The third kappa shape index (κ3) is 3.75. The fraction of sp³-hybridized carbons (Fsp3) is 0.611. The summed E-state index contributed by atoms with van der Waals surface area (Å²) in [6.07, 6.45) is 11.4. The van der Waals surface area contributed by atoms with Gasteiger partial charge in [-0.1, -0.05) is 6.42 Å². The monoisotopic (exact) mass is 356 g/mol. The number of amides is 1. The van der Waals surface area contributed by atoms with Crippen molar-refractivity contribution in [3.63, 3.8) is 0 Å². The fourth-order valence-corrected chi connectivity index (χ4v) is 3.77. The summed E-state index contributed by atoms with van der Waals surface area (Å²) >= 11 is 0. The number of carbonyl (C=O) groups is 1. The molecule has 2 aromatic rings. The van der Waals surface area contributed by atoms with Crippen molar-refractivity contribution in [1.82, 2.24) is 30.0 Å². The quantitative estimate of drug-likeness (QED) is 0.828. The molecule has 8 heteroatoms. The van der Waals surface area contributed by atoms with Gasteiger partial charge in [0, 0.05) is 18.9 Å². The Balaban J connectivity index is 1.48. The summed E-state index contributed by atoms with van der Waals surface area (Å²) in [6, 6.07) is -0.140. The first-order chi connectivity index (χ1) is 12.8. The number of piperidine rings is 2. The molecule has 0 radical (unpaired) electrons. The Morgan fingerprint density at radius 1 is 1.08 bits per heavy atom. The summed E-state index contributed by atoms with van der Waals surface area (Å²) < 4.78 is 5.85. The van der Waals surface area contributed by atoms with Gasteiger partial charge in [-0.25, -0.2) is 4.98 Å². The highest BCUT2D eigenvalue weighted by atomic mass is 16.4. The molecular weight excluding hydrogens is 332 g/mol. The van der Waals surface area contributed by atoms with Crippen molar-refractivity contribution in [3.05, 3.63) is 24.5 Å². The van der Waals surface area contributed by atoms with Gasteiger partial charge in [-0.15, -0.1) is 10.2 Å². The second kappa shape index (κ2) is 7.90. The molecule has 8 nitrogen and oxygen atoms in total. The van der Waals surface area contributed by atoms with Crippen LogP contribution in [0.15, 0.2) is 23.0 Å². The molecule has 2 fully saturated rings. The maximum Gasteiger partial charge on any atom is 0.267 e. The number of hydrogen-bond acceptors (Lipinski definition) is 7. The molecule has 2 aliphatic heterocycles. The highest BCUT2D eigenvalue weighted by Gasteiger charge is 2.33. The number of carbonyl (C=O) groups excluding carboxylic acids is 1.